The second-order valence-corrected chi connectivity index (χ2v) is 5.78. The quantitative estimate of drug-likeness (QED) is 0.772. The fraction of sp³-hybridized carbons (Fsp3) is 0.200. The number of benzene rings is 2. The summed E-state index contributed by atoms with van der Waals surface area (Å²) in [7, 11) is 0. The maximum absolute atomic E-state index is 6.07. The zero-order valence-electron chi connectivity index (χ0n) is 10.2. The minimum atomic E-state index is 0.200. The predicted octanol–water partition coefficient (Wildman–Crippen LogP) is 4.64. The molecule has 0 aromatic heterocycles. The van der Waals surface area contributed by atoms with Gasteiger partial charge in [0.15, 0.2) is 0 Å². The zero-order valence-corrected chi connectivity index (χ0v) is 13.1. The highest BCUT2D eigenvalue weighted by molar-refractivity contribution is 14.1. The van der Waals surface area contributed by atoms with Gasteiger partial charge in [-0.15, -0.1) is 0 Å². The van der Waals surface area contributed by atoms with Gasteiger partial charge in [-0.05, 0) is 64.5 Å². The summed E-state index contributed by atoms with van der Waals surface area (Å²) in [5.74, 6) is 0. The molecule has 1 nitrogen and oxygen atoms in total. The molecule has 1 atom stereocenters. The maximum Gasteiger partial charge on any atom is 0.0577 e. The lowest BCUT2D eigenvalue weighted by molar-refractivity contribution is 0.630. The lowest BCUT2D eigenvalue weighted by Gasteiger charge is -2.19. The van der Waals surface area contributed by atoms with Crippen molar-refractivity contribution < 1.29 is 0 Å². The average molecular weight is 372 g/mol. The first-order valence-corrected chi connectivity index (χ1v) is 7.40. The van der Waals surface area contributed by atoms with Crippen LogP contribution in [0.2, 0.25) is 5.02 Å². The van der Waals surface area contributed by atoms with Crippen LogP contribution in [-0.2, 0) is 0 Å². The molecule has 0 fully saturated rings. The molecule has 18 heavy (non-hydrogen) atoms. The van der Waals surface area contributed by atoms with Gasteiger partial charge in [0.2, 0.25) is 0 Å². The Morgan fingerprint density at radius 3 is 2.44 bits per heavy atom. The number of rotatable bonds is 4. The molecule has 0 radical (unpaired) electrons. The summed E-state index contributed by atoms with van der Waals surface area (Å²) in [4.78, 5) is 0. The van der Waals surface area contributed by atoms with Gasteiger partial charge in [-0.1, -0.05) is 42.8 Å². The van der Waals surface area contributed by atoms with E-state index in [1.807, 2.05) is 18.2 Å². The van der Waals surface area contributed by atoms with Crippen LogP contribution in [0.15, 0.2) is 48.5 Å². The molecule has 0 saturated heterocycles. The lowest BCUT2D eigenvalue weighted by Crippen LogP contribution is -2.21. The van der Waals surface area contributed by atoms with Crippen LogP contribution in [0, 0.1) is 3.57 Å². The van der Waals surface area contributed by atoms with E-state index in [1.165, 1.54) is 14.7 Å². The van der Waals surface area contributed by atoms with E-state index in [1.54, 1.807) is 0 Å². The summed E-state index contributed by atoms with van der Waals surface area (Å²) >= 11 is 8.39. The highest BCUT2D eigenvalue weighted by Crippen LogP contribution is 2.24. The van der Waals surface area contributed by atoms with Crippen molar-refractivity contribution >= 4 is 34.2 Å². The van der Waals surface area contributed by atoms with Crippen molar-refractivity contribution in [3.63, 3.8) is 0 Å². The molecule has 0 spiro atoms. The molecule has 2 aromatic rings. The van der Waals surface area contributed by atoms with E-state index < -0.39 is 0 Å². The predicted molar refractivity (Wildman–Crippen MR) is 86.1 cm³/mol. The van der Waals surface area contributed by atoms with Crippen molar-refractivity contribution in [3.05, 3.63) is 68.3 Å². The molecular formula is C15H15ClIN. The summed E-state index contributed by atoms with van der Waals surface area (Å²) in [6.45, 7) is 3.04. The van der Waals surface area contributed by atoms with Gasteiger partial charge in [0.1, 0.15) is 0 Å². The molecule has 1 N–H and O–H groups in total. The number of hydrogen-bond donors (Lipinski definition) is 1. The molecule has 2 rings (SSSR count). The lowest BCUT2D eigenvalue weighted by atomic mass is 9.99. The monoisotopic (exact) mass is 371 g/mol. The van der Waals surface area contributed by atoms with E-state index in [4.69, 9.17) is 11.6 Å². The first-order valence-electron chi connectivity index (χ1n) is 5.95. The van der Waals surface area contributed by atoms with Gasteiger partial charge >= 0.3 is 0 Å². The molecule has 0 heterocycles. The second kappa shape index (κ2) is 6.55. The van der Waals surface area contributed by atoms with Crippen LogP contribution in [0.1, 0.15) is 24.1 Å². The molecule has 0 saturated carbocycles. The van der Waals surface area contributed by atoms with E-state index in [0.717, 1.165) is 11.6 Å². The fourth-order valence-corrected chi connectivity index (χ4v) is 2.53. The van der Waals surface area contributed by atoms with E-state index in [2.05, 4.69) is 65.2 Å². The van der Waals surface area contributed by atoms with Crippen LogP contribution in [0.5, 0.6) is 0 Å². The van der Waals surface area contributed by atoms with Gasteiger partial charge in [0.25, 0.3) is 0 Å². The Bertz CT molecular complexity index is 510. The van der Waals surface area contributed by atoms with Gasteiger partial charge in [0, 0.05) is 8.59 Å². The highest BCUT2D eigenvalue weighted by atomic mass is 127. The van der Waals surface area contributed by atoms with Crippen LogP contribution in [0.25, 0.3) is 0 Å². The largest absolute Gasteiger partial charge is 0.307 e. The zero-order chi connectivity index (χ0) is 13.0. The average Bonchev–Trinajstić information content (AvgIpc) is 2.37. The van der Waals surface area contributed by atoms with Crippen molar-refractivity contribution in [2.75, 3.05) is 6.54 Å². The molecule has 1 unspecified atom stereocenters. The van der Waals surface area contributed by atoms with Crippen molar-refractivity contribution in [2.45, 2.75) is 13.0 Å². The normalized spacial score (nSPS) is 12.4. The maximum atomic E-state index is 6.07. The SMILES string of the molecule is CCNC(c1ccc(I)cc1)c1cccc(Cl)c1. The van der Waals surface area contributed by atoms with Crippen molar-refractivity contribution in [1.82, 2.24) is 5.32 Å². The summed E-state index contributed by atoms with van der Waals surface area (Å²) in [6, 6.07) is 16.8. The smallest absolute Gasteiger partial charge is 0.0577 e. The molecule has 0 amide bonds. The molecular weight excluding hydrogens is 357 g/mol. The van der Waals surface area contributed by atoms with Gasteiger partial charge < -0.3 is 5.32 Å². The third-order valence-corrected chi connectivity index (χ3v) is 3.75. The number of halogens is 2. The Morgan fingerprint density at radius 1 is 1.11 bits per heavy atom. The van der Waals surface area contributed by atoms with Crippen molar-refractivity contribution in [2.24, 2.45) is 0 Å². The molecule has 94 valence electrons. The molecule has 2 aromatic carbocycles. The molecule has 0 aliphatic carbocycles. The standard InChI is InChI=1S/C15H15ClIN/c1-2-18-15(11-6-8-14(17)9-7-11)12-4-3-5-13(16)10-12/h3-10,15,18H,2H2,1H3. The Morgan fingerprint density at radius 2 is 1.83 bits per heavy atom. The number of nitrogens with one attached hydrogen (secondary N) is 1. The van der Waals surface area contributed by atoms with Crippen molar-refractivity contribution in [1.29, 1.82) is 0 Å². The summed E-state index contributed by atoms with van der Waals surface area (Å²) in [6.07, 6.45) is 0. The minimum Gasteiger partial charge on any atom is -0.307 e. The van der Waals surface area contributed by atoms with Crippen LogP contribution >= 0.6 is 34.2 Å². The van der Waals surface area contributed by atoms with Crippen molar-refractivity contribution in [3.8, 4) is 0 Å². The first kappa shape index (κ1) is 13.8. The Hall–Kier alpha value is -0.580. The summed E-state index contributed by atoms with van der Waals surface area (Å²) < 4.78 is 1.25. The minimum absolute atomic E-state index is 0.200. The highest BCUT2D eigenvalue weighted by Gasteiger charge is 2.12. The second-order valence-electron chi connectivity index (χ2n) is 4.10. The number of hydrogen-bond acceptors (Lipinski definition) is 1. The van der Waals surface area contributed by atoms with Crippen LogP contribution in [-0.4, -0.2) is 6.54 Å². The van der Waals surface area contributed by atoms with Gasteiger partial charge in [0.05, 0.1) is 6.04 Å². The van der Waals surface area contributed by atoms with E-state index in [-0.39, 0.29) is 6.04 Å². The van der Waals surface area contributed by atoms with E-state index in [9.17, 15) is 0 Å². The van der Waals surface area contributed by atoms with Crippen LogP contribution < -0.4 is 5.32 Å². The van der Waals surface area contributed by atoms with E-state index >= 15 is 0 Å². The topological polar surface area (TPSA) is 12.0 Å². The molecule has 0 aliphatic rings. The third kappa shape index (κ3) is 3.46. The van der Waals surface area contributed by atoms with Gasteiger partial charge in [-0.3, -0.25) is 0 Å². The third-order valence-electron chi connectivity index (χ3n) is 2.79. The Balaban J connectivity index is 2.36. The Labute approximate surface area is 127 Å². The molecule has 0 bridgehead atoms. The van der Waals surface area contributed by atoms with Gasteiger partial charge in [-0.25, -0.2) is 0 Å². The molecule has 0 aliphatic heterocycles. The fourth-order valence-electron chi connectivity index (χ4n) is 1.97. The first-order chi connectivity index (χ1) is 8.70. The van der Waals surface area contributed by atoms with Crippen LogP contribution in [0.4, 0.5) is 0 Å². The summed E-state index contributed by atoms with van der Waals surface area (Å²) in [5, 5.41) is 4.28. The molecule has 3 heteroatoms. The van der Waals surface area contributed by atoms with Crippen LogP contribution in [0.3, 0.4) is 0 Å². The summed E-state index contributed by atoms with van der Waals surface area (Å²) in [5.41, 5.74) is 2.46. The van der Waals surface area contributed by atoms with E-state index in [0.29, 0.717) is 0 Å². The Kier molecular flexibility index (Phi) is 5.03. The van der Waals surface area contributed by atoms with Gasteiger partial charge in [-0.2, -0.15) is 0 Å².